The van der Waals surface area contributed by atoms with Crippen molar-refractivity contribution in [2.24, 2.45) is 10.8 Å². The van der Waals surface area contributed by atoms with Crippen LogP contribution in [0.2, 0.25) is 0 Å². The number of hydrogen-bond donors (Lipinski definition) is 1. The Morgan fingerprint density at radius 1 is 1.35 bits per heavy atom. The molecule has 0 radical (unpaired) electrons. The van der Waals surface area contributed by atoms with Crippen LogP contribution in [0.15, 0.2) is 0 Å². The number of carbonyl (C=O) groups is 1. The molecule has 0 amide bonds. The summed E-state index contributed by atoms with van der Waals surface area (Å²) in [5.74, 6) is -0.836. The summed E-state index contributed by atoms with van der Waals surface area (Å²) in [6.07, 6.45) is 3.26. The first-order valence-electron chi connectivity index (χ1n) is 6.93. The van der Waals surface area contributed by atoms with Gasteiger partial charge in [0, 0.05) is 0 Å². The molecule has 114 valence electrons. The molecule has 1 aliphatic carbocycles. The maximum Gasteiger partial charge on any atom is 0.303 e. The molecule has 6 heteroatoms. The van der Waals surface area contributed by atoms with Crippen LogP contribution < -0.4 is 0 Å². The zero-order valence-electron chi connectivity index (χ0n) is 12.2. The maximum absolute atomic E-state index is 12.0. The highest BCUT2D eigenvalue weighted by Crippen LogP contribution is 2.49. The summed E-state index contributed by atoms with van der Waals surface area (Å²) >= 11 is 0. The fourth-order valence-electron chi connectivity index (χ4n) is 2.35. The highest BCUT2D eigenvalue weighted by Gasteiger charge is 2.47. The van der Waals surface area contributed by atoms with Gasteiger partial charge in [0.1, 0.15) is 0 Å². The molecular weight excluding hydrogens is 278 g/mol. The molecule has 0 atom stereocenters. The van der Waals surface area contributed by atoms with Gasteiger partial charge >= 0.3 is 5.97 Å². The Balaban J connectivity index is 2.36. The predicted octanol–water partition coefficient (Wildman–Crippen LogP) is 2.38. The van der Waals surface area contributed by atoms with E-state index >= 15 is 0 Å². The number of unbranched alkanes of at least 4 members (excludes halogenated alkanes) is 1. The van der Waals surface area contributed by atoms with Crippen LogP contribution in [-0.4, -0.2) is 31.0 Å². The van der Waals surface area contributed by atoms with E-state index in [2.05, 4.69) is 6.07 Å². The predicted molar refractivity (Wildman–Crippen MR) is 75.8 cm³/mol. The van der Waals surface area contributed by atoms with Crippen molar-refractivity contribution >= 4 is 15.8 Å². The first-order valence-corrected chi connectivity index (χ1v) is 8.75. The van der Waals surface area contributed by atoms with E-state index < -0.39 is 26.6 Å². The number of aliphatic carboxylic acids is 1. The normalized spacial score (nSPS) is 17.4. The molecule has 1 saturated carbocycles. The minimum atomic E-state index is -3.19. The Morgan fingerprint density at radius 2 is 1.95 bits per heavy atom. The Bertz CT molecular complexity index is 498. The fourth-order valence-corrected chi connectivity index (χ4v) is 4.47. The van der Waals surface area contributed by atoms with E-state index in [1.54, 1.807) is 0 Å². The lowest BCUT2D eigenvalue weighted by molar-refractivity contribution is -0.138. The zero-order chi connectivity index (χ0) is 15.4. The molecule has 0 aliphatic heterocycles. The molecule has 0 aromatic heterocycles. The number of carboxylic acids is 1. The number of carboxylic acid groups (broad SMARTS) is 1. The standard InChI is InChI=1S/C14H23NO4S/c1-13(2,10-15)5-3-4-8-20(18,19)11-14(6-7-14)9-12(16)17/h3-9,11H2,1-2H3,(H,16,17). The van der Waals surface area contributed by atoms with Gasteiger partial charge in [-0.3, -0.25) is 4.79 Å². The summed E-state index contributed by atoms with van der Waals surface area (Å²) < 4.78 is 24.0. The molecular formula is C14H23NO4S. The van der Waals surface area contributed by atoms with E-state index in [-0.39, 0.29) is 17.9 Å². The van der Waals surface area contributed by atoms with Crippen molar-refractivity contribution in [2.45, 2.75) is 52.4 Å². The number of rotatable bonds is 9. The minimum Gasteiger partial charge on any atom is -0.481 e. The third-order valence-corrected chi connectivity index (χ3v) is 5.78. The Hall–Kier alpha value is -1.09. The van der Waals surface area contributed by atoms with E-state index in [9.17, 15) is 13.2 Å². The van der Waals surface area contributed by atoms with Crippen LogP contribution in [0.4, 0.5) is 0 Å². The van der Waals surface area contributed by atoms with Crippen LogP contribution in [0, 0.1) is 22.2 Å². The highest BCUT2D eigenvalue weighted by atomic mass is 32.2. The van der Waals surface area contributed by atoms with Crippen LogP contribution in [0.25, 0.3) is 0 Å². The van der Waals surface area contributed by atoms with E-state index in [1.165, 1.54) is 0 Å². The second-order valence-electron chi connectivity index (χ2n) is 6.62. The lowest BCUT2D eigenvalue weighted by Crippen LogP contribution is -2.22. The Labute approximate surface area is 120 Å². The smallest absolute Gasteiger partial charge is 0.303 e. The zero-order valence-corrected chi connectivity index (χ0v) is 13.0. The van der Waals surface area contributed by atoms with Gasteiger partial charge in [-0.1, -0.05) is 6.42 Å². The molecule has 0 unspecified atom stereocenters. The molecule has 0 spiro atoms. The Morgan fingerprint density at radius 3 is 2.40 bits per heavy atom. The second-order valence-corrected chi connectivity index (χ2v) is 8.80. The van der Waals surface area contributed by atoms with Gasteiger partial charge < -0.3 is 5.11 Å². The molecule has 5 nitrogen and oxygen atoms in total. The van der Waals surface area contributed by atoms with Crippen molar-refractivity contribution in [1.82, 2.24) is 0 Å². The maximum atomic E-state index is 12.0. The number of nitriles is 1. The van der Waals surface area contributed by atoms with Gasteiger partial charge in [0.05, 0.1) is 29.4 Å². The van der Waals surface area contributed by atoms with E-state index in [0.717, 1.165) is 0 Å². The molecule has 1 aliphatic rings. The SMILES string of the molecule is CC(C)(C#N)CCCCS(=O)(=O)CC1(CC(=O)O)CC1. The fraction of sp³-hybridized carbons (Fsp3) is 0.857. The summed E-state index contributed by atoms with van der Waals surface area (Å²) in [5, 5.41) is 17.7. The lowest BCUT2D eigenvalue weighted by Gasteiger charge is -2.15. The van der Waals surface area contributed by atoms with E-state index in [1.807, 2.05) is 13.8 Å². The van der Waals surface area contributed by atoms with Crippen LogP contribution in [0.1, 0.15) is 52.4 Å². The van der Waals surface area contributed by atoms with Crippen LogP contribution >= 0.6 is 0 Å². The first kappa shape index (κ1) is 17.0. The molecule has 0 aromatic rings. The van der Waals surface area contributed by atoms with Crippen molar-refractivity contribution in [3.05, 3.63) is 0 Å². The number of nitrogens with zero attached hydrogens (tertiary/aromatic N) is 1. The molecule has 0 heterocycles. The van der Waals surface area contributed by atoms with Crippen molar-refractivity contribution in [2.75, 3.05) is 11.5 Å². The molecule has 0 bridgehead atoms. The van der Waals surface area contributed by atoms with Gasteiger partial charge in [-0.25, -0.2) is 8.42 Å². The summed E-state index contributed by atoms with van der Waals surface area (Å²) in [4.78, 5) is 10.7. The van der Waals surface area contributed by atoms with Crippen molar-refractivity contribution < 1.29 is 18.3 Å². The quantitative estimate of drug-likeness (QED) is 0.660. The molecule has 1 N–H and O–H groups in total. The van der Waals surface area contributed by atoms with Gasteiger partial charge in [-0.05, 0) is 44.9 Å². The van der Waals surface area contributed by atoms with Gasteiger partial charge in [0.2, 0.25) is 0 Å². The lowest BCUT2D eigenvalue weighted by atomic mass is 9.89. The highest BCUT2D eigenvalue weighted by molar-refractivity contribution is 7.91. The van der Waals surface area contributed by atoms with Crippen molar-refractivity contribution in [1.29, 1.82) is 5.26 Å². The molecule has 1 rings (SSSR count). The molecule has 20 heavy (non-hydrogen) atoms. The Kier molecular flexibility index (Phi) is 5.20. The average molecular weight is 301 g/mol. The number of sulfone groups is 1. The number of hydrogen-bond acceptors (Lipinski definition) is 4. The van der Waals surface area contributed by atoms with Gasteiger partial charge in [0.15, 0.2) is 9.84 Å². The van der Waals surface area contributed by atoms with Gasteiger partial charge in [-0.15, -0.1) is 0 Å². The summed E-state index contributed by atoms with van der Waals surface area (Å²) in [5.41, 5.74) is -0.915. The second kappa shape index (κ2) is 6.13. The molecule has 1 fully saturated rings. The van der Waals surface area contributed by atoms with Crippen LogP contribution in [0.5, 0.6) is 0 Å². The molecule has 0 saturated heterocycles. The van der Waals surface area contributed by atoms with Gasteiger partial charge in [0.25, 0.3) is 0 Å². The van der Waals surface area contributed by atoms with Crippen molar-refractivity contribution in [3.63, 3.8) is 0 Å². The summed E-state index contributed by atoms with van der Waals surface area (Å²) in [6.45, 7) is 3.68. The van der Waals surface area contributed by atoms with Crippen LogP contribution in [-0.2, 0) is 14.6 Å². The van der Waals surface area contributed by atoms with Crippen LogP contribution in [0.3, 0.4) is 0 Å². The largest absolute Gasteiger partial charge is 0.481 e. The van der Waals surface area contributed by atoms with Gasteiger partial charge in [-0.2, -0.15) is 5.26 Å². The summed E-state index contributed by atoms with van der Waals surface area (Å²) in [7, 11) is -3.19. The minimum absolute atomic E-state index is 0.00601. The first-order chi connectivity index (χ1) is 9.10. The van der Waals surface area contributed by atoms with Crippen molar-refractivity contribution in [3.8, 4) is 6.07 Å². The van der Waals surface area contributed by atoms with E-state index in [4.69, 9.17) is 10.4 Å². The third kappa shape index (κ3) is 5.91. The topological polar surface area (TPSA) is 95.2 Å². The average Bonchev–Trinajstić information content (AvgIpc) is 3.02. The van der Waals surface area contributed by atoms with E-state index in [0.29, 0.717) is 32.1 Å². The third-order valence-electron chi connectivity index (χ3n) is 3.82. The molecule has 0 aromatic carbocycles. The summed E-state index contributed by atoms with van der Waals surface area (Å²) in [6, 6.07) is 2.19. The monoisotopic (exact) mass is 301 g/mol.